The number of anilines is 5. The summed E-state index contributed by atoms with van der Waals surface area (Å²) in [4.78, 5) is 4.94. The summed E-state index contributed by atoms with van der Waals surface area (Å²) < 4.78 is 2.60. The molecule has 8 aromatic carbocycles. The van der Waals surface area contributed by atoms with Crippen LogP contribution in [-0.2, 0) is 0 Å². The van der Waals surface area contributed by atoms with E-state index in [1.807, 2.05) is 11.3 Å². The zero-order valence-electron chi connectivity index (χ0n) is 30.1. The van der Waals surface area contributed by atoms with Crippen LogP contribution in [0.4, 0.5) is 28.4 Å². The summed E-state index contributed by atoms with van der Waals surface area (Å²) in [5.41, 5.74) is 12.2. The highest BCUT2D eigenvalue weighted by Gasteiger charge is 2.38. The van der Waals surface area contributed by atoms with Gasteiger partial charge >= 0.3 is 0 Å². The fourth-order valence-corrected chi connectivity index (χ4v) is 10.0. The summed E-state index contributed by atoms with van der Waals surface area (Å²) >= 11 is 1.87. The standard InChI is InChI=1S/C52H36N2S/c1-2-11-35(12-3-1)36-21-28-40(29-22-36)53(49-19-10-17-45-44-15-7-9-20-50(44)55-52(45)49)41-30-23-37(24-31-41)38-25-32-42(33-26-38)54-47-18-8-6-16-46(47)51-43-14-5-4-13-39(43)27-34-48(51)54/h1-34,46-47H. The molecular formula is C52H36N2S. The summed E-state index contributed by atoms with van der Waals surface area (Å²) in [6, 6.07) is 66.9. The maximum atomic E-state index is 2.52. The van der Waals surface area contributed by atoms with Crippen LogP contribution in [0, 0.1) is 0 Å². The van der Waals surface area contributed by atoms with E-state index in [-0.39, 0.29) is 6.04 Å². The Labute approximate surface area is 325 Å². The molecule has 2 nitrogen and oxygen atoms in total. The van der Waals surface area contributed by atoms with E-state index in [1.54, 1.807) is 0 Å². The topological polar surface area (TPSA) is 6.48 Å². The largest absolute Gasteiger partial charge is 0.333 e. The van der Waals surface area contributed by atoms with Gasteiger partial charge in [-0.3, -0.25) is 0 Å². The number of fused-ring (bicyclic) bond motifs is 8. The molecule has 0 spiro atoms. The molecule has 0 saturated heterocycles. The Kier molecular flexibility index (Phi) is 7.53. The third kappa shape index (κ3) is 5.31. The van der Waals surface area contributed by atoms with Crippen molar-refractivity contribution in [3.05, 3.63) is 212 Å². The summed E-state index contributed by atoms with van der Waals surface area (Å²) in [7, 11) is 0. The van der Waals surface area contributed by atoms with E-state index in [9.17, 15) is 0 Å². The molecule has 0 N–H and O–H groups in total. The van der Waals surface area contributed by atoms with Gasteiger partial charge in [0.15, 0.2) is 0 Å². The highest BCUT2D eigenvalue weighted by Crippen LogP contribution is 2.51. The lowest BCUT2D eigenvalue weighted by Gasteiger charge is -2.29. The Hall–Kier alpha value is -6.68. The Balaban J connectivity index is 0.958. The highest BCUT2D eigenvalue weighted by atomic mass is 32.1. The number of allylic oxidation sites excluding steroid dienone is 2. The van der Waals surface area contributed by atoms with Crippen LogP contribution in [0.2, 0.25) is 0 Å². The van der Waals surface area contributed by atoms with E-state index in [0.29, 0.717) is 5.92 Å². The molecule has 0 fully saturated rings. The summed E-state index contributed by atoms with van der Waals surface area (Å²) in [6.07, 6.45) is 9.12. The monoisotopic (exact) mass is 720 g/mol. The van der Waals surface area contributed by atoms with Crippen LogP contribution in [0.5, 0.6) is 0 Å². The molecule has 11 rings (SSSR count). The lowest BCUT2D eigenvalue weighted by Crippen LogP contribution is -2.28. The molecule has 0 bridgehead atoms. The number of thiophene rings is 1. The second-order valence-electron chi connectivity index (χ2n) is 14.5. The first kappa shape index (κ1) is 31.8. The van der Waals surface area contributed by atoms with Gasteiger partial charge in [-0.05, 0) is 93.2 Å². The minimum atomic E-state index is 0.258. The number of rotatable bonds is 6. The maximum absolute atomic E-state index is 2.52. The highest BCUT2D eigenvalue weighted by molar-refractivity contribution is 7.26. The number of benzene rings is 8. The van der Waals surface area contributed by atoms with Crippen molar-refractivity contribution in [2.45, 2.75) is 12.0 Å². The van der Waals surface area contributed by atoms with E-state index in [1.165, 1.54) is 75.8 Å². The van der Waals surface area contributed by atoms with E-state index in [2.05, 4.69) is 216 Å². The van der Waals surface area contributed by atoms with Crippen molar-refractivity contribution in [1.82, 2.24) is 0 Å². The third-order valence-electron chi connectivity index (χ3n) is 11.4. The van der Waals surface area contributed by atoms with Crippen molar-refractivity contribution in [2.24, 2.45) is 0 Å². The van der Waals surface area contributed by atoms with Gasteiger partial charge in [-0.1, -0.05) is 152 Å². The van der Waals surface area contributed by atoms with E-state index in [4.69, 9.17) is 0 Å². The van der Waals surface area contributed by atoms with E-state index < -0.39 is 0 Å². The molecule has 0 saturated carbocycles. The lowest BCUT2D eigenvalue weighted by molar-refractivity contribution is 0.747. The maximum Gasteiger partial charge on any atom is 0.0640 e. The first-order chi connectivity index (χ1) is 27.3. The Morgan fingerprint density at radius 2 is 1.05 bits per heavy atom. The summed E-state index contributed by atoms with van der Waals surface area (Å²) in [6.45, 7) is 0. The predicted molar refractivity (Wildman–Crippen MR) is 236 cm³/mol. The van der Waals surface area contributed by atoms with Crippen LogP contribution in [0.1, 0.15) is 11.5 Å². The molecular weight excluding hydrogens is 685 g/mol. The number of hydrogen-bond donors (Lipinski definition) is 0. The van der Waals surface area contributed by atoms with Crippen molar-refractivity contribution in [3.8, 4) is 22.3 Å². The average molecular weight is 721 g/mol. The quantitative estimate of drug-likeness (QED) is 0.169. The van der Waals surface area contributed by atoms with Gasteiger partial charge in [0.1, 0.15) is 0 Å². The fraction of sp³-hybridized carbons (Fsp3) is 0.0385. The van der Waals surface area contributed by atoms with Gasteiger partial charge in [-0.15, -0.1) is 11.3 Å². The van der Waals surface area contributed by atoms with Gasteiger partial charge in [-0.2, -0.15) is 0 Å². The molecule has 260 valence electrons. The van der Waals surface area contributed by atoms with Crippen molar-refractivity contribution >= 4 is 70.7 Å². The second kappa shape index (κ2) is 13.0. The molecule has 1 aliphatic heterocycles. The first-order valence-electron chi connectivity index (χ1n) is 19.0. The molecule has 1 aliphatic carbocycles. The number of hydrogen-bond acceptors (Lipinski definition) is 3. The minimum Gasteiger partial charge on any atom is -0.333 e. The molecule has 55 heavy (non-hydrogen) atoms. The minimum absolute atomic E-state index is 0.258. The van der Waals surface area contributed by atoms with Crippen LogP contribution in [0.3, 0.4) is 0 Å². The summed E-state index contributed by atoms with van der Waals surface area (Å²) in [5.74, 6) is 0.328. The van der Waals surface area contributed by atoms with E-state index in [0.717, 1.165) is 11.4 Å². The van der Waals surface area contributed by atoms with Gasteiger partial charge in [-0.25, -0.2) is 0 Å². The molecule has 2 heterocycles. The Bertz CT molecular complexity index is 2920. The van der Waals surface area contributed by atoms with Gasteiger partial charge in [0, 0.05) is 44.1 Å². The van der Waals surface area contributed by atoms with Crippen molar-refractivity contribution in [3.63, 3.8) is 0 Å². The van der Waals surface area contributed by atoms with Gasteiger partial charge in [0.05, 0.1) is 16.4 Å². The molecule has 1 aromatic heterocycles. The molecule has 2 unspecified atom stereocenters. The lowest BCUT2D eigenvalue weighted by atomic mass is 9.88. The van der Waals surface area contributed by atoms with Crippen molar-refractivity contribution in [1.29, 1.82) is 0 Å². The fourth-order valence-electron chi connectivity index (χ4n) is 8.81. The van der Waals surface area contributed by atoms with Crippen LogP contribution in [0.25, 0.3) is 53.2 Å². The normalized spacial score (nSPS) is 15.8. The van der Waals surface area contributed by atoms with Crippen LogP contribution >= 0.6 is 11.3 Å². The van der Waals surface area contributed by atoms with Crippen LogP contribution < -0.4 is 9.80 Å². The SMILES string of the molecule is C1=CC2c3c(ccc4ccccc34)N(c3ccc(-c4ccc(N(c5ccc(-c6ccccc6)cc5)c5cccc6c5sc5ccccc56)cc4)cc3)C2C=C1. The summed E-state index contributed by atoms with van der Waals surface area (Å²) in [5, 5.41) is 5.24. The zero-order valence-corrected chi connectivity index (χ0v) is 30.9. The smallest absolute Gasteiger partial charge is 0.0640 e. The van der Waals surface area contributed by atoms with Gasteiger partial charge < -0.3 is 9.80 Å². The van der Waals surface area contributed by atoms with E-state index >= 15 is 0 Å². The van der Waals surface area contributed by atoms with Gasteiger partial charge in [0.2, 0.25) is 0 Å². The number of nitrogens with zero attached hydrogens (tertiary/aromatic N) is 2. The molecule has 3 heteroatoms. The van der Waals surface area contributed by atoms with Crippen molar-refractivity contribution < 1.29 is 0 Å². The van der Waals surface area contributed by atoms with Crippen LogP contribution in [0.15, 0.2) is 206 Å². The first-order valence-corrected chi connectivity index (χ1v) is 19.8. The molecule has 0 radical (unpaired) electrons. The average Bonchev–Trinajstić information content (AvgIpc) is 3.81. The zero-order chi connectivity index (χ0) is 36.3. The van der Waals surface area contributed by atoms with Crippen molar-refractivity contribution in [2.75, 3.05) is 9.80 Å². The molecule has 9 aromatic rings. The molecule has 2 atom stereocenters. The Morgan fingerprint density at radius 3 is 1.80 bits per heavy atom. The molecule has 0 amide bonds. The van der Waals surface area contributed by atoms with Gasteiger partial charge in [0.25, 0.3) is 0 Å². The molecule has 2 aliphatic rings. The second-order valence-corrected chi connectivity index (χ2v) is 15.5. The Morgan fingerprint density at radius 1 is 0.455 bits per heavy atom. The third-order valence-corrected chi connectivity index (χ3v) is 12.6. The van der Waals surface area contributed by atoms with Crippen LogP contribution in [-0.4, -0.2) is 6.04 Å². The predicted octanol–water partition coefficient (Wildman–Crippen LogP) is 14.7.